The van der Waals surface area contributed by atoms with Crippen molar-refractivity contribution in [1.82, 2.24) is 9.55 Å². The number of aromatic nitrogens is 2. The van der Waals surface area contributed by atoms with Gasteiger partial charge in [-0.25, -0.2) is 4.98 Å². The highest BCUT2D eigenvalue weighted by atomic mass is 32.2. The number of nitrogens with one attached hydrogen (secondary N) is 1. The molecule has 1 N–H and O–H groups in total. The standard InChI is InChI=1S/C23H29N3O2S2/c1-7-13(3)17-11-9-10-12-18(17)24-20(27)16(6)30-23-25-21-19(14(4)15(5)29-21)22(28)26(23)8-2/h9-13,16H,7-8H2,1-6H3,(H,24,27)/t13-,16-/m0/s1. The lowest BCUT2D eigenvalue weighted by atomic mass is 9.97. The van der Waals surface area contributed by atoms with Crippen molar-refractivity contribution in [2.24, 2.45) is 0 Å². The first-order chi connectivity index (χ1) is 14.3. The summed E-state index contributed by atoms with van der Waals surface area (Å²) in [5, 5.41) is 3.98. The number of anilines is 1. The average molecular weight is 444 g/mol. The normalized spacial score (nSPS) is 13.4. The summed E-state index contributed by atoms with van der Waals surface area (Å²) < 4.78 is 1.67. The van der Waals surface area contributed by atoms with E-state index in [0.717, 1.165) is 32.9 Å². The molecule has 0 radical (unpaired) electrons. The number of rotatable bonds is 7. The van der Waals surface area contributed by atoms with Crippen LogP contribution in [0.15, 0.2) is 34.2 Å². The van der Waals surface area contributed by atoms with Crippen LogP contribution in [0.5, 0.6) is 0 Å². The second kappa shape index (κ2) is 9.35. The maximum Gasteiger partial charge on any atom is 0.263 e. The van der Waals surface area contributed by atoms with Gasteiger partial charge in [-0.05, 0) is 57.2 Å². The number of hydrogen-bond acceptors (Lipinski definition) is 5. The number of nitrogens with zero attached hydrogens (tertiary/aromatic N) is 2. The topological polar surface area (TPSA) is 64.0 Å². The number of benzene rings is 1. The molecule has 0 unspecified atom stereocenters. The number of carbonyl (C=O) groups is 1. The van der Waals surface area contributed by atoms with Crippen molar-refractivity contribution < 1.29 is 4.79 Å². The number of amides is 1. The molecule has 0 saturated heterocycles. The fourth-order valence-electron chi connectivity index (χ4n) is 3.38. The molecule has 1 amide bonds. The number of thiophene rings is 1. The summed E-state index contributed by atoms with van der Waals surface area (Å²) in [5.74, 6) is 0.274. The van der Waals surface area contributed by atoms with E-state index in [0.29, 0.717) is 23.0 Å². The molecule has 0 aliphatic carbocycles. The van der Waals surface area contributed by atoms with Gasteiger partial charge in [-0.15, -0.1) is 11.3 Å². The lowest BCUT2D eigenvalue weighted by Crippen LogP contribution is -2.27. The summed E-state index contributed by atoms with van der Waals surface area (Å²) in [6.45, 7) is 12.6. The van der Waals surface area contributed by atoms with Gasteiger partial charge in [-0.3, -0.25) is 14.2 Å². The maximum absolute atomic E-state index is 13.0. The summed E-state index contributed by atoms with van der Waals surface area (Å²) in [4.78, 5) is 32.6. The molecule has 3 rings (SSSR count). The van der Waals surface area contributed by atoms with Crippen molar-refractivity contribution in [3.05, 3.63) is 50.6 Å². The number of carbonyl (C=O) groups excluding carboxylic acids is 1. The highest BCUT2D eigenvalue weighted by molar-refractivity contribution is 8.00. The number of para-hydroxylation sites is 1. The van der Waals surface area contributed by atoms with Crippen LogP contribution in [0.4, 0.5) is 5.69 Å². The lowest BCUT2D eigenvalue weighted by molar-refractivity contribution is -0.115. The summed E-state index contributed by atoms with van der Waals surface area (Å²) in [7, 11) is 0. The van der Waals surface area contributed by atoms with Crippen molar-refractivity contribution in [3.63, 3.8) is 0 Å². The van der Waals surface area contributed by atoms with Crippen LogP contribution < -0.4 is 10.9 Å². The van der Waals surface area contributed by atoms with Crippen LogP contribution in [0.1, 0.15) is 56.0 Å². The van der Waals surface area contributed by atoms with Crippen LogP contribution in [0.2, 0.25) is 0 Å². The number of fused-ring (bicyclic) bond motifs is 1. The Morgan fingerprint density at radius 2 is 1.93 bits per heavy atom. The van der Waals surface area contributed by atoms with Crippen molar-refractivity contribution in [3.8, 4) is 0 Å². The van der Waals surface area contributed by atoms with E-state index in [1.165, 1.54) is 23.1 Å². The van der Waals surface area contributed by atoms with Crippen LogP contribution >= 0.6 is 23.1 Å². The van der Waals surface area contributed by atoms with Gasteiger partial charge in [0.2, 0.25) is 5.91 Å². The van der Waals surface area contributed by atoms with E-state index < -0.39 is 0 Å². The SMILES string of the molecule is CC[C@H](C)c1ccccc1NC(=O)[C@H](C)Sc1nc2sc(C)c(C)c2c(=O)n1CC. The molecule has 3 aromatic rings. The molecule has 30 heavy (non-hydrogen) atoms. The predicted molar refractivity (Wildman–Crippen MR) is 128 cm³/mol. The monoisotopic (exact) mass is 443 g/mol. The Morgan fingerprint density at radius 3 is 2.60 bits per heavy atom. The van der Waals surface area contributed by atoms with E-state index in [2.05, 4.69) is 25.2 Å². The van der Waals surface area contributed by atoms with Gasteiger partial charge in [0.15, 0.2) is 5.16 Å². The van der Waals surface area contributed by atoms with Gasteiger partial charge in [0.1, 0.15) is 4.83 Å². The molecule has 2 heterocycles. The molecular formula is C23H29N3O2S2. The zero-order valence-corrected chi connectivity index (χ0v) is 20.0. The first kappa shape index (κ1) is 22.6. The molecule has 0 aliphatic heterocycles. The average Bonchev–Trinajstić information content (AvgIpc) is 3.01. The Bertz CT molecular complexity index is 1130. The van der Waals surface area contributed by atoms with Crippen LogP contribution in [0, 0.1) is 13.8 Å². The molecule has 7 heteroatoms. The first-order valence-corrected chi connectivity index (χ1v) is 12.0. The lowest BCUT2D eigenvalue weighted by Gasteiger charge is -2.18. The van der Waals surface area contributed by atoms with Gasteiger partial charge in [-0.1, -0.05) is 43.8 Å². The summed E-state index contributed by atoms with van der Waals surface area (Å²) in [6, 6.07) is 7.94. The molecule has 0 saturated carbocycles. The Balaban J connectivity index is 1.88. The zero-order chi connectivity index (χ0) is 22.0. The van der Waals surface area contributed by atoms with E-state index in [-0.39, 0.29) is 16.7 Å². The highest BCUT2D eigenvalue weighted by Crippen LogP contribution is 2.31. The van der Waals surface area contributed by atoms with Crippen molar-refractivity contribution in [2.45, 2.75) is 70.8 Å². The minimum absolute atomic E-state index is 0.0263. The third kappa shape index (κ3) is 4.32. The molecule has 2 atom stereocenters. The van der Waals surface area contributed by atoms with E-state index in [9.17, 15) is 9.59 Å². The van der Waals surface area contributed by atoms with Crippen molar-refractivity contribution in [2.75, 3.05) is 5.32 Å². The number of thioether (sulfide) groups is 1. The summed E-state index contributed by atoms with van der Waals surface area (Å²) in [6.07, 6.45) is 1.00. The highest BCUT2D eigenvalue weighted by Gasteiger charge is 2.22. The van der Waals surface area contributed by atoms with Crippen LogP contribution in [0.25, 0.3) is 10.2 Å². The molecule has 0 aliphatic rings. The molecule has 1 aromatic carbocycles. The van der Waals surface area contributed by atoms with Crippen molar-refractivity contribution in [1.29, 1.82) is 0 Å². The van der Waals surface area contributed by atoms with E-state index in [1.54, 1.807) is 4.57 Å². The summed E-state index contributed by atoms with van der Waals surface area (Å²) >= 11 is 2.87. The van der Waals surface area contributed by atoms with Gasteiger partial charge in [0.05, 0.1) is 10.6 Å². The zero-order valence-electron chi connectivity index (χ0n) is 18.4. The number of aryl methyl sites for hydroxylation is 2. The molecule has 0 bridgehead atoms. The Labute approximate surface area is 185 Å². The van der Waals surface area contributed by atoms with E-state index in [4.69, 9.17) is 4.98 Å². The minimum Gasteiger partial charge on any atom is -0.325 e. The van der Waals surface area contributed by atoms with Gasteiger partial charge in [0.25, 0.3) is 5.56 Å². The maximum atomic E-state index is 13.0. The molecule has 5 nitrogen and oxygen atoms in total. The molecule has 0 fully saturated rings. The molecule has 2 aromatic heterocycles. The Morgan fingerprint density at radius 1 is 1.23 bits per heavy atom. The fourth-order valence-corrected chi connectivity index (χ4v) is 5.43. The van der Waals surface area contributed by atoms with Crippen LogP contribution in [-0.4, -0.2) is 20.7 Å². The number of hydrogen-bond donors (Lipinski definition) is 1. The van der Waals surface area contributed by atoms with Crippen molar-refractivity contribution >= 4 is 44.9 Å². The van der Waals surface area contributed by atoms with Crippen LogP contribution in [0.3, 0.4) is 0 Å². The third-order valence-corrected chi connectivity index (χ3v) is 7.77. The first-order valence-electron chi connectivity index (χ1n) is 10.3. The molecule has 160 valence electrons. The van der Waals surface area contributed by atoms with E-state index >= 15 is 0 Å². The Kier molecular flexibility index (Phi) is 7.03. The fraction of sp³-hybridized carbons (Fsp3) is 0.435. The predicted octanol–water partition coefficient (Wildman–Crippen LogP) is 5.73. The minimum atomic E-state index is -0.390. The second-order valence-electron chi connectivity index (χ2n) is 7.55. The van der Waals surface area contributed by atoms with Crippen LogP contribution in [-0.2, 0) is 11.3 Å². The van der Waals surface area contributed by atoms with Gasteiger partial charge >= 0.3 is 0 Å². The smallest absolute Gasteiger partial charge is 0.263 e. The third-order valence-electron chi connectivity index (χ3n) is 5.58. The second-order valence-corrected chi connectivity index (χ2v) is 10.1. The van der Waals surface area contributed by atoms with Gasteiger partial charge < -0.3 is 5.32 Å². The Hall–Kier alpha value is -2.12. The quantitative estimate of drug-likeness (QED) is 0.374. The molecule has 0 spiro atoms. The summed E-state index contributed by atoms with van der Waals surface area (Å²) in [5.41, 5.74) is 2.96. The van der Waals surface area contributed by atoms with Gasteiger partial charge in [0, 0.05) is 17.1 Å². The largest absolute Gasteiger partial charge is 0.325 e. The van der Waals surface area contributed by atoms with E-state index in [1.807, 2.05) is 45.9 Å². The molecular weight excluding hydrogens is 414 g/mol. The van der Waals surface area contributed by atoms with Gasteiger partial charge in [-0.2, -0.15) is 0 Å².